The SMILES string of the molecule is CC/C=C\CC(C(O)CCOC=O)[N+](=O)[O-]. The fraction of sp³-hybridized carbons (Fsp3) is 0.700. The van der Waals surface area contributed by atoms with E-state index in [0.29, 0.717) is 0 Å². The third kappa shape index (κ3) is 6.13. The van der Waals surface area contributed by atoms with Crippen molar-refractivity contribution in [3.63, 3.8) is 0 Å². The molecule has 0 bridgehead atoms. The van der Waals surface area contributed by atoms with E-state index in [-0.39, 0.29) is 25.9 Å². The molecule has 0 saturated carbocycles. The van der Waals surface area contributed by atoms with Gasteiger partial charge in [0.1, 0.15) is 6.10 Å². The van der Waals surface area contributed by atoms with Crippen LogP contribution >= 0.6 is 0 Å². The number of carbonyl (C=O) groups is 1. The molecule has 16 heavy (non-hydrogen) atoms. The van der Waals surface area contributed by atoms with Crippen LogP contribution in [0.2, 0.25) is 0 Å². The Morgan fingerprint density at radius 1 is 1.50 bits per heavy atom. The van der Waals surface area contributed by atoms with Crippen molar-refractivity contribution in [3.8, 4) is 0 Å². The van der Waals surface area contributed by atoms with Crippen molar-refractivity contribution < 1.29 is 19.6 Å². The minimum atomic E-state index is -1.10. The second kappa shape index (κ2) is 8.84. The van der Waals surface area contributed by atoms with Crippen molar-refractivity contribution in [2.24, 2.45) is 0 Å². The summed E-state index contributed by atoms with van der Waals surface area (Å²) in [7, 11) is 0. The summed E-state index contributed by atoms with van der Waals surface area (Å²) < 4.78 is 4.38. The third-order valence-corrected chi connectivity index (χ3v) is 2.09. The van der Waals surface area contributed by atoms with Crippen LogP contribution < -0.4 is 0 Å². The van der Waals surface area contributed by atoms with Crippen LogP contribution in [0.15, 0.2) is 12.2 Å². The molecule has 0 aromatic carbocycles. The highest BCUT2D eigenvalue weighted by Crippen LogP contribution is 2.08. The van der Waals surface area contributed by atoms with E-state index in [9.17, 15) is 20.0 Å². The van der Waals surface area contributed by atoms with Crippen LogP contribution in [0.1, 0.15) is 26.2 Å². The maximum absolute atomic E-state index is 10.7. The predicted molar refractivity (Wildman–Crippen MR) is 57.5 cm³/mol. The van der Waals surface area contributed by atoms with Gasteiger partial charge in [-0.2, -0.15) is 0 Å². The summed E-state index contributed by atoms with van der Waals surface area (Å²) >= 11 is 0. The third-order valence-electron chi connectivity index (χ3n) is 2.09. The first-order valence-electron chi connectivity index (χ1n) is 5.15. The molecule has 0 aromatic heterocycles. The standard InChI is InChI=1S/C10H17NO5/c1-2-3-4-5-9(11(14)15)10(13)6-7-16-8-12/h3-4,8-10,13H,2,5-7H2,1H3/b4-3-. The molecule has 0 heterocycles. The molecule has 0 aliphatic carbocycles. The molecule has 0 aromatic rings. The summed E-state index contributed by atoms with van der Waals surface area (Å²) in [6, 6.07) is -1.04. The van der Waals surface area contributed by atoms with Crippen LogP contribution in [0, 0.1) is 10.1 Å². The Balaban J connectivity index is 4.12. The maximum atomic E-state index is 10.7. The van der Waals surface area contributed by atoms with Gasteiger partial charge in [0, 0.05) is 17.8 Å². The van der Waals surface area contributed by atoms with Gasteiger partial charge >= 0.3 is 0 Å². The van der Waals surface area contributed by atoms with Crippen LogP contribution in [0.25, 0.3) is 0 Å². The number of ether oxygens (including phenoxy) is 1. The monoisotopic (exact) mass is 231 g/mol. The molecule has 1 N–H and O–H groups in total. The average Bonchev–Trinajstić information content (AvgIpc) is 2.24. The molecule has 6 heteroatoms. The molecule has 0 amide bonds. The zero-order chi connectivity index (χ0) is 12.4. The topological polar surface area (TPSA) is 89.7 Å². The Kier molecular flexibility index (Phi) is 8.05. The molecule has 0 aliphatic heterocycles. The zero-order valence-electron chi connectivity index (χ0n) is 9.24. The quantitative estimate of drug-likeness (QED) is 0.209. The van der Waals surface area contributed by atoms with Crippen molar-refractivity contribution in [3.05, 3.63) is 22.3 Å². The summed E-state index contributed by atoms with van der Waals surface area (Å²) in [5.74, 6) is 0. The van der Waals surface area contributed by atoms with Crippen LogP contribution in [-0.2, 0) is 9.53 Å². The maximum Gasteiger partial charge on any atom is 0.293 e. The van der Waals surface area contributed by atoms with Gasteiger partial charge in [-0.15, -0.1) is 0 Å². The second-order valence-electron chi connectivity index (χ2n) is 3.29. The highest BCUT2D eigenvalue weighted by molar-refractivity contribution is 5.36. The van der Waals surface area contributed by atoms with Gasteiger partial charge in [0.15, 0.2) is 0 Å². The average molecular weight is 231 g/mol. The Morgan fingerprint density at radius 2 is 2.19 bits per heavy atom. The molecule has 92 valence electrons. The molecule has 2 atom stereocenters. The van der Waals surface area contributed by atoms with Gasteiger partial charge in [-0.25, -0.2) is 0 Å². The zero-order valence-corrected chi connectivity index (χ0v) is 9.24. The van der Waals surface area contributed by atoms with Gasteiger partial charge in [0.05, 0.1) is 6.61 Å². The van der Waals surface area contributed by atoms with Crippen LogP contribution in [0.5, 0.6) is 0 Å². The van der Waals surface area contributed by atoms with Gasteiger partial charge in [0.25, 0.3) is 6.47 Å². The summed E-state index contributed by atoms with van der Waals surface area (Å²) in [4.78, 5) is 20.0. The molecule has 0 saturated heterocycles. The molecule has 0 rings (SSSR count). The Bertz CT molecular complexity index is 241. The van der Waals surface area contributed by atoms with Crippen LogP contribution in [-0.4, -0.2) is 35.3 Å². The lowest BCUT2D eigenvalue weighted by Crippen LogP contribution is -2.34. The molecular weight excluding hydrogens is 214 g/mol. The van der Waals surface area contributed by atoms with E-state index in [1.807, 2.05) is 13.0 Å². The van der Waals surface area contributed by atoms with E-state index in [1.54, 1.807) is 6.08 Å². The number of allylic oxidation sites excluding steroid dienone is 1. The summed E-state index contributed by atoms with van der Waals surface area (Å²) in [6.07, 6.45) is 3.45. The number of nitro groups is 1. The number of hydrogen-bond acceptors (Lipinski definition) is 5. The number of nitrogens with zero attached hydrogens (tertiary/aromatic N) is 1. The lowest BCUT2D eigenvalue weighted by atomic mass is 10.1. The number of carbonyl (C=O) groups excluding carboxylic acids is 1. The number of aliphatic hydroxyl groups excluding tert-OH is 1. The van der Waals surface area contributed by atoms with Gasteiger partial charge in [0.2, 0.25) is 6.04 Å². The van der Waals surface area contributed by atoms with Gasteiger partial charge in [-0.3, -0.25) is 14.9 Å². The van der Waals surface area contributed by atoms with Crippen molar-refractivity contribution in [1.82, 2.24) is 0 Å². The van der Waals surface area contributed by atoms with Crippen molar-refractivity contribution in [2.75, 3.05) is 6.61 Å². The molecular formula is C10H17NO5. The van der Waals surface area contributed by atoms with E-state index in [0.717, 1.165) is 6.42 Å². The lowest BCUT2D eigenvalue weighted by molar-refractivity contribution is -0.533. The smallest absolute Gasteiger partial charge is 0.293 e. The van der Waals surface area contributed by atoms with Gasteiger partial charge in [-0.05, 0) is 6.42 Å². The molecule has 2 unspecified atom stereocenters. The van der Waals surface area contributed by atoms with E-state index in [4.69, 9.17) is 0 Å². The molecule has 0 spiro atoms. The van der Waals surface area contributed by atoms with E-state index in [2.05, 4.69) is 4.74 Å². The summed E-state index contributed by atoms with van der Waals surface area (Å²) in [5, 5.41) is 20.2. The van der Waals surface area contributed by atoms with E-state index < -0.39 is 17.1 Å². The summed E-state index contributed by atoms with van der Waals surface area (Å²) in [6.45, 7) is 2.17. The minimum Gasteiger partial charge on any atom is -0.468 e. The summed E-state index contributed by atoms with van der Waals surface area (Å²) in [5.41, 5.74) is 0. The molecule has 0 aliphatic rings. The lowest BCUT2D eigenvalue weighted by Gasteiger charge is -2.13. The Hall–Kier alpha value is -1.43. The Morgan fingerprint density at radius 3 is 2.69 bits per heavy atom. The Labute approximate surface area is 94.1 Å². The van der Waals surface area contributed by atoms with Gasteiger partial charge in [-0.1, -0.05) is 19.1 Å². The number of hydrogen-bond donors (Lipinski definition) is 1. The van der Waals surface area contributed by atoms with Crippen molar-refractivity contribution >= 4 is 6.47 Å². The van der Waals surface area contributed by atoms with E-state index >= 15 is 0 Å². The highest BCUT2D eigenvalue weighted by atomic mass is 16.6. The molecule has 0 fully saturated rings. The second-order valence-corrected chi connectivity index (χ2v) is 3.29. The largest absolute Gasteiger partial charge is 0.468 e. The normalized spacial score (nSPS) is 14.6. The first kappa shape index (κ1) is 14.6. The van der Waals surface area contributed by atoms with Crippen LogP contribution in [0.3, 0.4) is 0 Å². The van der Waals surface area contributed by atoms with Crippen molar-refractivity contribution in [1.29, 1.82) is 0 Å². The fourth-order valence-corrected chi connectivity index (χ4v) is 1.22. The van der Waals surface area contributed by atoms with Crippen LogP contribution in [0.4, 0.5) is 0 Å². The number of aliphatic hydroxyl groups is 1. The van der Waals surface area contributed by atoms with E-state index in [1.165, 1.54) is 0 Å². The fourth-order valence-electron chi connectivity index (χ4n) is 1.22. The van der Waals surface area contributed by atoms with Crippen molar-refractivity contribution in [2.45, 2.75) is 38.3 Å². The van der Waals surface area contributed by atoms with Gasteiger partial charge < -0.3 is 9.84 Å². The minimum absolute atomic E-state index is 0.00744. The molecule has 0 radical (unpaired) electrons. The number of rotatable bonds is 9. The molecule has 6 nitrogen and oxygen atoms in total. The first-order chi connectivity index (χ1) is 7.63. The first-order valence-corrected chi connectivity index (χ1v) is 5.15. The highest BCUT2D eigenvalue weighted by Gasteiger charge is 2.28. The predicted octanol–water partition coefficient (Wildman–Crippen LogP) is 0.912.